The van der Waals surface area contributed by atoms with E-state index in [0.717, 1.165) is 12.8 Å². The minimum atomic E-state index is -0.524. The molecular formula is C17H25N5O4S. The van der Waals surface area contributed by atoms with Gasteiger partial charge in [0, 0.05) is 32.2 Å². The molecule has 1 saturated carbocycles. The van der Waals surface area contributed by atoms with Crippen LogP contribution < -0.4 is 10.6 Å². The molecule has 148 valence electrons. The number of nitrogens with zero attached hydrogens (tertiary/aromatic N) is 3. The lowest BCUT2D eigenvalue weighted by Crippen LogP contribution is -2.51. The van der Waals surface area contributed by atoms with Gasteiger partial charge in [0.2, 0.25) is 16.9 Å². The van der Waals surface area contributed by atoms with Gasteiger partial charge in [-0.25, -0.2) is 0 Å². The second kappa shape index (κ2) is 7.78. The Morgan fingerprint density at radius 1 is 1.41 bits per heavy atom. The SMILES string of the molecule is COCc1nnc(NC(=O)CN2C[C@H]3COC[C@@]3(C(=O)NC3CCC3)C2)s1. The summed E-state index contributed by atoms with van der Waals surface area (Å²) < 4.78 is 10.6. The molecule has 9 nitrogen and oxygen atoms in total. The molecule has 3 aliphatic rings. The largest absolute Gasteiger partial charge is 0.380 e. The number of hydrogen-bond donors (Lipinski definition) is 2. The van der Waals surface area contributed by atoms with Crippen LogP contribution in [0.3, 0.4) is 0 Å². The van der Waals surface area contributed by atoms with Crippen molar-refractivity contribution in [1.82, 2.24) is 20.4 Å². The summed E-state index contributed by atoms with van der Waals surface area (Å²) in [5.41, 5.74) is -0.524. The first-order valence-corrected chi connectivity index (χ1v) is 10.1. The molecule has 1 aliphatic carbocycles. The smallest absolute Gasteiger partial charge is 0.240 e. The number of rotatable bonds is 7. The van der Waals surface area contributed by atoms with Crippen molar-refractivity contribution in [2.75, 3.05) is 45.3 Å². The van der Waals surface area contributed by atoms with Crippen LogP contribution in [0.1, 0.15) is 24.3 Å². The van der Waals surface area contributed by atoms with Gasteiger partial charge in [-0.3, -0.25) is 19.8 Å². The van der Waals surface area contributed by atoms with E-state index in [1.807, 2.05) is 4.90 Å². The first kappa shape index (κ1) is 18.7. The zero-order valence-corrected chi connectivity index (χ0v) is 16.2. The summed E-state index contributed by atoms with van der Waals surface area (Å²) in [6.07, 6.45) is 3.31. The van der Waals surface area contributed by atoms with Crippen molar-refractivity contribution in [1.29, 1.82) is 0 Å². The Bertz CT molecular complexity index is 709. The number of hydrogen-bond acceptors (Lipinski definition) is 8. The van der Waals surface area contributed by atoms with Gasteiger partial charge in [-0.15, -0.1) is 10.2 Å². The average molecular weight is 395 g/mol. The summed E-state index contributed by atoms with van der Waals surface area (Å²) >= 11 is 1.30. The fourth-order valence-corrected chi connectivity index (χ4v) is 4.74. The van der Waals surface area contributed by atoms with Crippen LogP contribution in [0.2, 0.25) is 0 Å². The number of amides is 2. The Labute approximate surface area is 161 Å². The molecule has 0 spiro atoms. The monoisotopic (exact) mass is 395 g/mol. The van der Waals surface area contributed by atoms with Gasteiger partial charge in [0.1, 0.15) is 11.6 Å². The molecule has 0 radical (unpaired) electrons. The van der Waals surface area contributed by atoms with Crippen LogP contribution in [0, 0.1) is 11.3 Å². The van der Waals surface area contributed by atoms with Crippen molar-refractivity contribution in [3.63, 3.8) is 0 Å². The lowest BCUT2D eigenvalue weighted by Gasteiger charge is -2.32. The number of aromatic nitrogens is 2. The first-order chi connectivity index (χ1) is 13.1. The maximum absolute atomic E-state index is 12.9. The zero-order chi connectivity index (χ0) is 18.9. The third kappa shape index (κ3) is 3.84. The third-order valence-corrected chi connectivity index (χ3v) is 6.50. The molecular weight excluding hydrogens is 370 g/mol. The number of fused-ring (bicyclic) bond motifs is 1. The molecule has 3 fully saturated rings. The topological polar surface area (TPSA) is 106 Å². The Kier molecular flexibility index (Phi) is 5.40. The Balaban J connectivity index is 1.33. The standard InChI is InChI=1S/C17H25N5O4S/c1-25-8-14-20-21-16(27-14)19-13(23)6-22-5-11-7-26-10-17(11,9-22)15(24)18-12-3-2-4-12/h11-12H,2-10H2,1H3,(H,18,24)(H,19,21,23)/t11-,17-/m0/s1. The van der Waals surface area contributed by atoms with Gasteiger partial charge >= 0.3 is 0 Å². The number of carbonyl (C=O) groups is 2. The van der Waals surface area contributed by atoms with Gasteiger partial charge in [0.05, 0.1) is 25.2 Å². The molecule has 2 amide bonds. The Morgan fingerprint density at radius 3 is 3.00 bits per heavy atom. The summed E-state index contributed by atoms with van der Waals surface area (Å²) in [4.78, 5) is 27.3. The number of methoxy groups -OCH3 is 1. The fourth-order valence-electron chi connectivity index (χ4n) is 4.01. The number of anilines is 1. The summed E-state index contributed by atoms with van der Waals surface area (Å²) in [6, 6.07) is 0.309. The summed E-state index contributed by atoms with van der Waals surface area (Å²) in [5, 5.41) is 15.0. The van der Waals surface area contributed by atoms with Crippen LogP contribution in [0.5, 0.6) is 0 Å². The van der Waals surface area contributed by atoms with Gasteiger partial charge in [-0.2, -0.15) is 0 Å². The minimum absolute atomic E-state index is 0.0888. The highest BCUT2D eigenvalue weighted by Crippen LogP contribution is 2.42. The van der Waals surface area contributed by atoms with Crippen LogP contribution >= 0.6 is 11.3 Å². The van der Waals surface area contributed by atoms with Gasteiger partial charge in [0.15, 0.2) is 0 Å². The normalized spacial score (nSPS) is 28.0. The lowest BCUT2D eigenvalue weighted by molar-refractivity contribution is -0.133. The third-order valence-electron chi connectivity index (χ3n) is 5.69. The molecule has 2 N–H and O–H groups in total. The molecule has 2 aliphatic heterocycles. The van der Waals surface area contributed by atoms with Gasteiger partial charge in [-0.1, -0.05) is 11.3 Å². The predicted octanol–water partition coefficient (Wildman–Crippen LogP) is 0.240. The van der Waals surface area contributed by atoms with E-state index in [2.05, 4.69) is 20.8 Å². The zero-order valence-electron chi connectivity index (χ0n) is 15.4. The lowest BCUT2D eigenvalue weighted by atomic mass is 9.79. The predicted molar refractivity (Wildman–Crippen MR) is 98.2 cm³/mol. The first-order valence-electron chi connectivity index (χ1n) is 9.31. The van der Waals surface area contributed by atoms with Crippen LogP contribution in [-0.2, 0) is 25.7 Å². The van der Waals surface area contributed by atoms with Gasteiger partial charge < -0.3 is 14.8 Å². The van der Waals surface area contributed by atoms with Crippen molar-refractivity contribution in [3.8, 4) is 0 Å². The highest BCUT2D eigenvalue weighted by atomic mass is 32.1. The molecule has 0 unspecified atom stereocenters. The van der Waals surface area contributed by atoms with Crippen LogP contribution in [0.15, 0.2) is 0 Å². The summed E-state index contributed by atoms with van der Waals surface area (Å²) in [6.45, 7) is 2.86. The fraction of sp³-hybridized carbons (Fsp3) is 0.765. The number of nitrogens with one attached hydrogen (secondary N) is 2. The molecule has 10 heteroatoms. The van der Waals surface area contributed by atoms with Crippen molar-refractivity contribution in [2.45, 2.75) is 31.9 Å². The minimum Gasteiger partial charge on any atom is -0.380 e. The highest BCUT2D eigenvalue weighted by molar-refractivity contribution is 7.15. The van der Waals surface area contributed by atoms with E-state index in [4.69, 9.17) is 9.47 Å². The molecule has 4 rings (SSSR count). The van der Waals surface area contributed by atoms with Crippen LogP contribution in [-0.4, -0.2) is 72.9 Å². The molecule has 2 saturated heterocycles. The number of carbonyl (C=O) groups excluding carboxylic acids is 2. The highest BCUT2D eigenvalue weighted by Gasteiger charge is 2.56. The van der Waals surface area contributed by atoms with Crippen LogP contribution in [0.4, 0.5) is 5.13 Å². The summed E-state index contributed by atoms with van der Waals surface area (Å²) in [7, 11) is 1.59. The summed E-state index contributed by atoms with van der Waals surface area (Å²) in [5.74, 6) is 0.0803. The van der Waals surface area contributed by atoms with E-state index in [1.54, 1.807) is 7.11 Å². The average Bonchev–Trinajstić information content (AvgIpc) is 3.26. The second-order valence-electron chi connectivity index (χ2n) is 7.62. The number of ether oxygens (including phenoxy) is 2. The van der Waals surface area contributed by atoms with Crippen molar-refractivity contribution in [2.24, 2.45) is 11.3 Å². The van der Waals surface area contributed by atoms with E-state index in [1.165, 1.54) is 17.8 Å². The molecule has 1 aromatic heterocycles. The molecule has 1 aromatic rings. The van der Waals surface area contributed by atoms with E-state index in [9.17, 15) is 9.59 Å². The molecule has 3 heterocycles. The maximum atomic E-state index is 12.9. The molecule has 2 atom stereocenters. The molecule has 0 aromatic carbocycles. The molecule has 27 heavy (non-hydrogen) atoms. The second-order valence-corrected chi connectivity index (χ2v) is 8.68. The van der Waals surface area contributed by atoms with Gasteiger partial charge in [-0.05, 0) is 19.3 Å². The van der Waals surface area contributed by atoms with Crippen molar-refractivity contribution >= 4 is 28.3 Å². The van der Waals surface area contributed by atoms with Gasteiger partial charge in [0.25, 0.3) is 0 Å². The number of likely N-dealkylation sites (tertiary alicyclic amines) is 1. The van der Waals surface area contributed by atoms with E-state index in [0.29, 0.717) is 49.1 Å². The molecule has 0 bridgehead atoms. The Hall–Kier alpha value is -1.62. The van der Waals surface area contributed by atoms with E-state index < -0.39 is 5.41 Å². The Morgan fingerprint density at radius 2 is 2.26 bits per heavy atom. The van der Waals surface area contributed by atoms with E-state index >= 15 is 0 Å². The van der Waals surface area contributed by atoms with Crippen molar-refractivity contribution < 1.29 is 19.1 Å². The maximum Gasteiger partial charge on any atom is 0.240 e. The van der Waals surface area contributed by atoms with E-state index in [-0.39, 0.29) is 24.3 Å². The van der Waals surface area contributed by atoms with Crippen LogP contribution in [0.25, 0.3) is 0 Å². The van der Waals surface area contributed by atoms with Crippen molar-refractivity contribution in [3.05, 3.63) is 5.01 Å². The quantitative estimate of drug-likeness (QED) is 0.681.